The molecular formula is C18H15FN4O2. The molecule has 2 aromatic rings. The fraction of sp³-hybridized carbons (Fsp3) is 0.222. The number of rotatable bonds is 3. The van der Waals surface area contributed by atoms with E-state index in [4.69, 9.17) is 0 Å². The fourth-order valence-corrected chi connectivity index (χ4v) is 3.16. The SMILES string of the molecule is Cc1ccccc1CN1N=NC2C(=O)N(c3ccc(F)cc3)C(=O)C21. The van der Waals surface area contributed by atoms with E-state index in [1.807, 2.05) is 31.2 Å². The molecule has 2 amide bonds. The Labute approximate surface area is 143 Å². The number of carbonyl (C=O) groups is 2. The van der Waals surface area contributed by atoms with Crippen LogP contribution in [0.1, 0.15) is 11.1 Å². The monoisotopic (exact) mass is 338 g/mol. The van der Waals surface area contributed by atoms with Crippen molar-refractivity contribution in [3.05, 3.63) is 65.5 Å². The van der Waals surface area contributed by atoms with Crippen molar-refractivity contribution in [3.8, 4) is 0 Å². The number of halogens is 1. The Bertz CT molecular complexity index is 881. The Hall–Kier alpha value is -3.09. The molecule has 0 radical (unpaired) electrons. The van der Waals surface area contributed by atoms with Gasteiger partial charge in [0.2, 0.25) is 0 Å². The van der Waals surface area contributed by atoms with E-state index < -0.39 is 23.8 Å². The molecule has 126 valence electrons. The zero-order valence-electron chi connectivity index (χ0n) is 13.5. The summed E-state index contributed by atoms with van der Waals surface area (Å²) >= 11 is 0. The standard InChI is InChI=1S/C18H15FN4O2/c1-11-4-2-3-5-12(11)10-22-16-15(20-21-22)17(24)23(18(16)25)14-8-6-13(19)7-9-14/h2-9,15-16H,10H2,1H3. The van der Waals surface area contributed by atoms with Crippen LogP contribution in [0.5, 0.6) is 0 Å². The molecule has 0 saturated carbocycles. The summed E-state index contributed by atoms with van der Waals surface area (Å²) in [5.74, 6) is -1.25. The van der Waals surface area contributed by atoms with Crippen LogP contribution in [0.25, 0.3) is 0 Å². The maximum absolute atomic E-state index is 13.1. The van der Waals surface area contributed by atoms with Crippen LogP contribution in [0.3, 0.4) is 0 Å². The minimum absolute atomic E-state index is 0.344. The number of benzene rings is 2. The molecule has 2 aliphatic rings. The van der Waals surface area contributed by atoms with E-state index in [1.54, 1.807) is 5.01 Å². The van der Waals surface area contributed by atoms with E-state index in [-0.39, 0.29) is 5.91 Å². The number of imide groups is 1. The molecule has 0 spiro atoms. The van der Waals surface area contributed by atoms with Gasteiger partial charge in [0, 0.05) is 0 Å². The van der Waals surface area contributed by atoms with Crippen LogP contribution in [0.2, 0.25) is 0 Å². The third-order valence-electron chi connectivity index (χ3n) is 4.54. The maximum atomic E-state index is 13.1. The predicted molar refractivity (Wildman–Crippen MR) is 88.0 cm³/mol. The van der Waals surface area contributed by atoms with Gasteiger partial charge in [0.15, 0.2) is 12.1 Å². The molecule has 2 aliphatic heterocycles. The van der Waals surface area contributed by atoms with Gasteiger partial charge in [-0.2, -0.15) is 5.11 Å². The van der Waals surface area contributed by atoms with Crippen LogP contribution in [0.4, 0.5) is 10.1 Å². The summed E-state index contributed by atoms with van der Waals surface area (Å²) in [6.45, 7) is 2.38. The van der Waals surface area contributed by atoms with Crippen LogP contribution in [-0.4, -0.2) is 28.9 Å². The third-order valence-corrected chi connectivity index (χ3v) is 4.54. The molecule has 2 aromatic carbocycles. The average molecular weight is 338 g/mol. The van der Waals surface area contributed by atoms with Crippen molar-refractivity contribution < 1.29 is 14.0 Å². The summed E-state index contributed by atoms with van der Waals surface area (Å²) in [6.07, 6.45) is 0. The average Bonchev–Trinajstić information content (AvgIpc) is 3.12. The first-order valence-corrected chi connectivity index (χ1v) is 7.91. The Kier molecular flexibility index (Phi) is 3.56. The highest BCUT2D eigenvalue weighted by molar-refractivity contribution is 6.25. The first-order chi connectivity index (χ1) is 12.1. The lowest BCUT2D eigenvalue weighted by Crippen LogP contribution is -2.39. The summed E-state index contributed by atoms with van der Waals surface area (Å²) in [7, 11) is 0. The Balaban J connectivity index is 1.62. The second kappa shape index (κ2) is 5.77. The lowest BCUT2D eigenvalue weighted by molar-refractivity contribution is -0.123. The smallest absolute Gasteiger partial charge is 0.263 e. The highest BCUT2D eigenvalue weighted by atomic mass is 19.1. The second-order valence-electron chi connectivity index (χ2n) is 6.11. The maximum Gasteiger partial charge on any atom is 0.263 e. The van der Waals surface area contributed by atoms with E-state index in [2.05, 4.69) is 10.3 Å². The molecule has 2 atom stereocenters. The molecule has 4 rings (SSSR count). The normalized spacial score (nSPS) is 22.0. The van der Waals surface area contributed by atoms with Crippen molar-refractivity contribution in [2.45, 2.75) is 25.6 Å². The number of carbonyl (C=O) groups excluding carboxylic acids is 2. The Morgan fingerprint density at radius 2 is 1.76 bits per heavy atom. The van der Waals surface area contributed by atoms with E-state index in [9.17, 15) is 14.0 Å². The van der Waals surface area contributed by atoms with Gasteiger partial charge >= 0.3 is 0 Å². The number of hydrogen-bond donors (Lipinski definition) is 0. The fourth-order valence-electron chi connectivity index (χ4n) is 3.16. The van der Waals surface area contributed by atoms with Gasteiger partial charge in [-0.15, -0.1) is 0 Å². The van der Waals surface area contributed by atoms with Gasteiger partial charge < -0.3 is 0 Å². The zero-order valence-corrected chi connectivity index (χ0v) is 13.5. The third kappa shape index (κ3) is 2.48. The molecule has 0 aromatic heterocycles. The lowest BCUT2D eigenvalue weighted by Gasteiger charge is -2.21. The van der Waals surface area contributed by atoms with Crippen LogP contribution >= 0.6 is 0 Å². The number of hydrogen-bond acceptors (Lipinski definition) is 5. The first-order valence-electron chi connectivity index (χ1n) is 7.91. The molecule has 25 heavy (non-hydrogen) atoms. The van der Waals surface area contributed by atoms with Crippen molar-refractivity contribution in [3.63, 3.8) is 0 Å². The lowest BCUT2D eigenvalue weighted by atomic mass is 10.1. The quantitative estimate of drug-likeness (QED) is 0.808. The van der Waals surface area contributed by atoms with Crippen molar-refractivity contribution >= 4 is 17.5 Å². The van der Waals surface area contributed by atoms with Crippen LogP contribution in [0, 0.1) is 12.7 Å². The molecule has 0 bridgehead atoms. The minimum Gasteiger partial charge on any atom is -0.271 e. The van der Waals surface area contributed by atoms with Gasteiger partial charge in [-0.1, -0.05) is 29.5 Å². The van der Waals surface area contributed by atoms with Gasteiger partial charge in [0.25, 0.3) is 11.8 Å². The van der Waals surface area contributed by atoms with Gasteiger partial charge in [-0.05, 0) is 42.3 Å². The summed E-state index contributed by atoms with van der Waals surface area (Å²) < 4.78 is 13.1. The van der Waals surface area contributed by atoms with E-state index in [0.717, 1.165) is 16.0 Å². The van der Waals surface area contributed by atoms with E-state index in [1.165, 1.54) is 24.3 Å². The Morgan fingerprint density at radius 3 is 2.48 bits per heavy atom. The van der Waals surface area contributed by atoms with Gasteiger partial charge in [0.05, 0.1) is 12.2 Å². The summed E-state index contributed by atoms with van der Waals surface area (Å²) in [6, 6.07) is 11.5. The van der Waals surface area contributed by atoms with Crippen molar-refractivity contribution in [1.29, 1.82) is 0 Å². The molecule has 0 N–H and O–H groups in total. The summed E-state index contributed by atoms with van der Waals surface area (Å²) in [5, 5.41) is 9.58. The number of fused-ring (bicyclic) bond motifs is 1. The van der Waals surface area contributed by atoms with Gasteiger partial charge in [0.1, 0.15) is 5.82 Å². The zero-order chi connectivity index (χ0) is 17.6. The molecule has 1 fully saturated rings. The number of nitrogens with zero attached hydrogens (tertiary/aromatic N) is 4. The molecule has 2 heterocycles. The highest BCUT2D eigenvalue weighted by Crippen LogP contribution is 2.33. The topological polar surface area (TPSA) is 65.3 Å². The largest absolute Gasteiger partial charge is 0.271 e. The van der Waals surface area contributed by atoms with Gasteiger partial charge in [-0.25, -0.2) is 9.29 Å². The molecule has 2 unspecified atom stereocenters. The van der Waals surface area contributed by atoms with Crippen molar-refractivity contribution in [2.75, 3.05) is 4.90 Å². The molecule has 1 saturated heterocycles. The van der Waals surface area contributed by atoms with Crippen molar-refractivity contribution in [1.82, 2.24) is 5.01 Å². The van der Waals surface area contributed by atoms with E-state index >= 15 is 0 Å². The Morgan fingerprint density at radius 1 is 1.04 bits per heavy atom. The first kappa shape index (κ1) is 15.4. The minimum atomic E-state index is -0.846. The molecular weight excluding hydrogens is 323 g/mol. The number of amides is 2. The van der Waals surface area contributed by atoms with Crippen LogP contribution < -0.4 is 4.90 Å². The van der Waals surface area contributed by atoms with Crippen molar-refractivity contribution in [2.24, 2.45) is 10.3 Å². The predicted octanol–water partition coefficient (Wildman–Crippen LogP) is 2.63. The van der Waals surface area contributed by atoms with Crippen LogP contribution in [-0.2, 0) is 16.1 Å². The number of aryl methyl sites for hydroxylation is 1. The molecule has 6 nitrogen and oxygen atoms in total. The summed E-state index contributed by atoms with van der Waals surface area (Å²) in [4.78, 5) is 26.5. The summed E-state index contributed by atoms with van der Waals surface area (Å²) in [5.41, 5.74) is 2.44. The van der Waals surface area contributed by atoms with Gasteiger partial charge in [-0.3, -0.25) is 14.6 Å². The highest BCUT2D eigenvalue weighted by Gasteiger charge is 2.54. The molecule has 7 heteroatoms. The molecule has 0 aliphatic carbocycles. The van der Waals surface area contributed by atoms with Crippen LogP contribution in [0.15, 0.2) is 58.9 Å². The second-order valence-corrected chi connectivity index (χ2v) is 6.11. The van der Waals surface area contributed by atoms with E-state index in [0.29, 0.717) is 12.2 Å². The number of anilines is 1.